The molecule has 1 saturated heterocycles. The molecule has 0 radical (unpaired) electrons. The third-order valence-electron chi connectivity index (χ3n) is 3.10. The third kappa shape index (κ3) is 4.39. The molecule has 0 unspecified atom stereocenters. The smallest absolute Gasteiger partial charge is 0.347 e. The number of rotatable bonds is 6. The first-order chi connectivity index (χ1) is 11.0. The van der Waals surface area contributed by atoms with Crippen LogP contribution in [0.4, 0.5) is 0 Å². The second kappa shape index (κ2) is 7.87. The Bertz CT molecular complexity index is 625. The summed E-state index contributed by atoms with van der Waals surface area (Å²) in [5.41, 5.74) is 0.640. The summed E-state index contributed by atoms with van der Waals surface area (Å²) in [5.74, 6) is -0.229. The molecule has 1 aromatic carbocycles. The van der Waals surface area contributed by atoms with E-state index in [2.05, 4.69) is 0 Å². The predicted octanol–water partition coefficient (Wildman–Crippen LogP) is 2.62. The van der Waals surface area contributed by atoms with Gasteiger partial charge >= 0.3 is 11.9 Å². The van der Waals surface area contributed by atoms with E-state index >= 15 is 0 Å². The molecule has 0 bridgehead atoms. The molecule has 1 aromatic rings. The largest absolute Gasteiger partial charge is 0.493 e. The van der Waals surface area contributed by atoms with Gasteiger partial charge in [-0.1, -0.05) is 11.6 Å². The minimum Gasteiger partial charge on any atom is -0.493 e. The van der Waals surface area contributed by atoms with E-state index < -0.39 is 18.0 Å². The molecular formula is C16H17ClO6. The van der Waals surface area contributed by atoms with Gasteiger partial charge in [0.2, 0.25) is 6.10 Å². The summed E-state index contributed by atoms with van der Waals surface area (Å²) in [4.78, 5) is 23.0. The molecule has 0 spiro atoms. The number of carbonyl (C=O) groups is 2. The fourth-order valence-electron chi connectivity index (χ4n) is 2.05. The topological polar surface area (TPSA) is 71.1 Å². The van der Waals surface area contributed by atoms with Gasteiger partial charge in [0.05, 0.1) is 25.3 Å². The average molecular weight is 341 g/mol. The van der Waals surface area contributed by atoms with E-state index in [0.717, 1.165) is 0 Å². The summed E-state index contributed by atoms with van der Waals surface area (Å²) in [7, 11) is 1.50. The fraction of sp³-hybridized carbons (Fsp3) is 0.375. The van der Waals surface area contributed by atoms with Crippen LogP contribution in [0, 0.1) is 0 Å². The zero-order valence-corrected chi connectivity index (χ0v) is 13.6. The lowest BCUT2D eigenvalue weighted by atomic mass is 10.2. The molecule has 1 aliphatic heterocycles. The van der Waals surface area contributed by atoms with Crippen molar-refractivity contribution in [2.75, 3.05) is 20.3 Å². The lowest BCUT2D eigenvalue weighted by Gasteiger charge is -2.12. The molecule has 1 atom stereocenters. The van der Waals surface area contributed by atoms with E-state index in [0.29, 0.717) is 35.1 Å². The second-order valence-electron chi connectivity index (χ2n) is 4.68. The molecule has 0 aromatic heterocycles. The number of hydrogen-bond acceptors (Lipinski definition) is 6. The molecule has 7 heteroatoms. The first-order valence-electron chi connectivity index (χ1n) is 7.10. The average Bonchev–Trinajstić information content (AvgIpc) is 2.92. The monoisotopic (exact) mass is 340 g/mol. The normalized spacial score (nSPS) is 17.2. The van der Waals surface area contributed by atoms with Gasteiger partial charge in [-0.2, -0.15) is 0 Å². The van der Waals surface area contributed by atoms with Crippen molar-refractivity contribution in [2.45, 2.75) is 19.4 Å². The summed E-state index contributed by atoms with van der Waals surface area (Å²) in [6, 6.07) is 3.33. The quantitative estimate of drug-likeness (QED) is 0.585. The maximum Gasteiger partial charge on any atom is 0.347 e. The lowest BCUT2D eigenvalue weighted by molar-refractivity contribution is -0.156. The number of halogens is 1. The maximum absolute atomic E-state index is 11.7. The van der Waals surface area contributed by atoms with Gasteiger partial charge in [-0.25, -0.2) is 9.59 Å². The summed E-state index contributed by atoms with van der Waals surface area (Å²) in [5, 5.41) is 0.374. The summed E-state index contributed by atoms with van der Waals surface area (Å²) >= 11 is 6.15. The second-order valence-corrected chi connectivity index (χ2v) is 5.09. The Labute approximate surface area is 138 Å². The number of ether oxygens (including phenoxy) is 4. The van der Waals surface area contributed by atoms with Crippen molar-refractivity contribution in [3.8, 4) is 11.5 Å². The fourth-order valence-corrected chi connectivity index (χ4v) is 2.32. The highest BCUT2D eigenvalue weighted by atomic mass is 35.5. The van der Waals surface area contributed by atoms with Gasteiger partial charge < -0.3 is 18.9 Å². The van der Waals surface area contributed by atoms with E-state index in [-0.39, 0.29) is 6.61 Å². The van der Waals surface area contributed by atoms with Crippen LogP contribution in [0.1, 0.15) is 18.9 Å². The van der Waals surface area contributed by atoms with Crippen LogP contribution >= 0.6 is 11.6 Å². The first kappa shape index (κ1) is 17.1. The van der Waals surface area contributed by atoms with Crippen LogP contribution in [0.5, 0.6) is 11.5 Å². The third-order valence-corrected chi connectivity index (χ3v) is 3.38. The van der Waals surface area contributed by atoms with Crippen molar-refractivity contribution in [2.24, 2.45) is 0 Å². The van der Waals surface area contributed by atoms with Gasteiger partial charge in [-0.15, -0.1) is 0 Å². The minimum atomic E-state index is -0.828. The highest BCUT2D eigenvalue weighted by Gasteiger charge is 2.29. The molecule has 6 nitrogen and oxygen atoms in total. The van der Waals surface area contributed by atoms with Crippen LogP contribution in [0.3, 0.4) is 0 Å². The SMILES string of the molecule is CCOc1c(Cl)cc(/C=C/C(=O)O[C@H]2CCOC2=O)cc1OC. The molecule has 23 heavy (non-hydrogen) atoms. The van der Waals surface area contributed by atoms with Gasteiger partial charge in [-0.05, 0) is 30.7 Å². The number of methoxy groups -OCH3 is 1. The Hall–Kier alpha value is -2.21. The van der Waals surface area contributed by atoms with Crippen molar-refractivity contribution < 1.29 is 28.5 Å². The Kier molecular flexibility index (Phi) is 5.87. The number of hydrogen-bond donors (Lipinski definition) is 0. The van der Waals surface area contributed by atoms with Crippen molar-refractivity contribution in [3.05, 3.63) is 28.8 Å². The van der Waals surface area contributed by atoms with Crippen LogP contribution in [0.25, 0.3) is 6.08 Å². The standard InChI is InChI=1S/C16H17ClO6/c1-3-21-15-11(17)8-10(9-13(15)20-2)4-5-14(18)23-12-6-7-22-16(12)19/h4-5,8-9,12H,3,6-7H2,1-2H3/b5-4+/t12-/m0/s1. The number of benzene rings is 1. The molecule has 0 amide bonds. The van der Waals surface area contributed by atoms with Crippen LogP contribution in [0.2, 0.25) is 5.02 Å². The van der Waals surface area contributed by atoms with E-state index in [1.165, 1.54) is 19.3 Å². The molecule has 0 N–H and O–H groups in total. The summed E-state index contributed by atoms with van der Waals surface area (Å²) < 4.78 is 20.4. The molecule has 0 aliphatic carbocycles. The van der Waals surface area contributed by atoms with E-state index in [1.807, 2.05) is 6.92 Å². The number of esters is 2. The van der Waals surface area contributed by atoms with Gasteiger partial charge in [0, 0.05) is 12.5 Å². The molecule has 2 rings (SSSR count). The molecule has 1 heterocycles. The zero-order valence-electron chi connectivity index (χ0n) is 12.8. The molecule has 124 valence electrons. The summed E-state index contributed by atoms with van der Waals surface area (Å²) in [6.45, 7) is 2.56. The molecular weight excluding hydrogens is 324 g/mol. The lowest BCUT2D eigenvalue weighted by Crippen LogP contribution is -2.21. The van der Waals surface area contributed by atoms with Crippen molar-refractivity contribution in [3.63, 3.8) is 0 Å². The molecule has 0 saturated carbocycles. The van der Waals surface area contributed by atoms with Gasteiger partial charge in [0.15, 0.2) is 11.5 Å². The van der Waals surface area contributed by atoms with Gasteiger partial charge in [0.25, 0.3) is 0 Å². The molecule has 1 aliphatic rings. The van der Waals surface area contributed by atoms with Gasteiger partial charge in [-0.3, -0.25) is 0 Å². The van der Waals surface area contributed by atoms with E-state index in [9.17, 15) is 9.59 Å². The Morgan fingerprint density at radius 3 is 2.87 bits per heavy atom. The molecule has 1 fully saturated rings. The Morgan fingerprint density at radius 2 is 2.26 bits per heavy atom. The number of cyclic esters (lactones) is 1. The highest BCUT2D eigenvalue weighted by Crippen LogP contribution is 2.36. The first-order valence-corrected chi connectivity index (χ1v) is 7.48. The van der Waals surface area contributed by atoms with E-state index in [1.54, 1.807) is 12.1 Å². The van der Waals surface area contributed by atoms with Crippen molar-refractivity contribution in [1.82, 2.24) is 0 Å². The van der Waals surface area contributed by atoms with E-state index in [4.69, 9.17) is 30.5 Å². The number of carbonyl (C=O) groups excluding carboxylic acids is 2. The zero-order chi connectivity index (χ0) is 16.8. The Balaban J connectivity index is 2.08. The van der Waals surface area contributed by atoms with Crippen LogP contribution in [-0.4, -0.2) is 38.4 Å². The van der Waals surface area contributed by atoms with Crippen molar-refractivity contribution in [1.29, 1.82) is 0 Å². The van der Waals surface area contributed by atoms with Crippen LogP contribution < -0.4 is 9.47 Å². The van der Waals surface area contributed by atoms with Crippen LogP contribution in [0.15, 0.2) is 18.2 Å². The Morgan fingerprint density at radius 1 is 1.48 bits per heavy atom. The summed E-state index contributed by atoms with van der Waals surface area (Å²) in [6.07, 6.45) is 2.29. The van der Waals surface area contributed by atoms with Crippen molar-refractivity contribution >= 4 is 29.6 Å². The predicted molar refractivity (Wildman–Crippen MR) is 83.7 cm³/mol. The minimum absolute atomic E-state index is 0.270. The van der Waals surface area contributed by atoms with Crippen LogP contribution in [-0.2, 0) is 19.1 Å². The van der Waals surface area contributed by atoms with Gasteiger partial charge in [0.1, 0.15) is 0 Å². The maximum atomic E-state index is 11.7. The highest BCUT2D eigenvalue weighted by molar-refractivity contribution is 6.32.